The quantitative estimate of drug-likeness (QED) is 0.646. The number of benzene rings is 2. The minimum atomic E-state index is -0.258. The highest BCUT2D eigenvalue weighted by atomic mass is 79.9. The third kappa shape index (κ3) is 2.59. The van der Waals surface area contributed by atoms with Gasteiger partial charge in [-0.25, -0.2) is 9.37 Å². The average molecular weight is 358 g/mol. The van der Waals surface area contributed by atoms with Crippen molar-refractivity contribution in [3.8, 4) is 0 Å². The van der Waals surface area contributed by atoms with E-state index in [9.17, 15) is 4.39 Å². The Labute approximate surface area is 126 Å². The van der Waals surface area contributed by atoms with Gasteiger partial charge in [0.25, 0.3) is 0 Å². The molecule has 0 aliphatic carbocycles. The maximum absolute atomic E-state index is 13.1. The second-order valence-electron chi connectivity index (χ2n) is 3.86. The van der Waals surface area contributed by atoms with Gasteiger partial charge in [0.15, 0.2) is 5.13 Å². The molecule has 0 amide bonds. The standard InChI is InChI=1S/C13H7BrClFN2S/c14-12-8(15)2-1-3-10(12)18-13-17-9-5-4-7(16)6-11(9)19-13/h1-6H,(H,17,18). The SMILES string of the molecule is Fc1ccc2nc(Nc3cccc(Cl)c3Br)sc2c1. The molecule has 1 heterocycles. The van der Waals surface area contributed by atoms with E-state index >= 15 is 0 Å². The average Bonchev–Trinajstić information content (AvgIpc) is 2.76. The van der Waals surface area contributed by atoms with Crippen molar-refractivity contribution in [3.05, 3.63) is 51.7 Å². The third-order valence-corrected chi connectivity index (χ3v) is 4.87. The van der Waals surface area contributed by atoms with Crippen LogP contribution >= 0.6 is 38.9 Å². The largest absolute Gasteiger partial charge is 0.331 e. The van der Waals surface area contributed by atoms with E-state index in [0.29, 0.717) is 10.2 Å². The van der Waals surface area contributed by atoms with Crippen molar-refractivity contribution in [1.29, 1.82) is 0 Å². The van der Waals surface area contributed by atoms with Crippen LogP contribution in [0.3, 0.4) is 0 Å². The van der Waals surface area contributed by atoms with Gasteiger partial charge in [-0.15, -0.1) is 0 Å². The molecule has 19 heavy (non-hydrogen) atoms. The molecule has 2 aromatic carbocycles. The monoisotopic (exact) mass is 356 g/mol. The Balaban J connectivity index is 1.99. The van der Waals surface area contributed by atoms with Crippen LogP contribution in [0.15, 0.2) is 40.9 Å². The lowest BCUT2D eigenvalue weighted by Crippen LogP contribution is -1.90. The maximum Gasteiger partial charge on any atom is 0.188 e. The molecule has 0 saturated heterocycles. The Kier molecular flexibility index (Phi) is 3.43. The first kappa shape index (κ1) is 12.8. The molecule has 1 N–H and O–H groups in total. The van der Waals surface area contributed by atoms with Crippen LogP contribution in [0.1, 0.15) is 0 Å². The highest BCUT2D eigenvalue weighted by Gasteiger charge is 2.08. The minimum absolute atomic E-state index is 0.258. The third-order valence-electron chi connectivity index (χ3n) is 2.54. The van der Waals surface area contributed by atoms with E-state index in [1.165, 1.54) is 23.5 Å². The molecular weight excluding hydrogens is 351 g/mol. The molecule has 0 unspecified atom stereocenters. The Bertz CT molecular complexity index is 759. The molecule has 0 radical (unpaired) electrons. The van der Waals surface area contributed by atoms with E-state index in [-0.39, 0.29) is 5.82 Å². The molecule has 0 saturated carbocycles. The molecule has 2 nitrogen and oxygen atoms in total. The van der Waals surface area contributed by atoms with E-state index in [0.717, 1.165) is 20.4 Å². The van der Waals surface area contributed by atoms with Crippen LogP contribution in [0, 0.1) is 5.82 Å². The number of anilines is 2. The second kappa shape index (κ2) is 5.07. The van der Waals surface area contributed by atoms with Crippen LogP contribution in [-0.2, 0) is 0 Å². The molecule has 3 aromatic rings. The fourth-order valence-electron chi connectivity index (χ4n) is 1.67. The molecule has 6 heteroatoms. The number of rotatable bonds is 2. The maximum atomic E-state index is 13.1. The summed E-state index contributed by atoms with van der Waals surface area (Å²) >= 11 is 10.8. The molecular formula is C13H7BrClFN2S. The molecule has 0 bridgehead atoms. The number of nitrogens with one attached hydrogen (secondary N) is 1. The summed E-state index contributed by atoms with van der Waals surface area (Å²) in [6.45, 7) is 0. The van der Waals surface area contributed by atoms with E-state index in [4.69, 9.17) is 11.6 Å². The van der Waals surface area contributed by atoms with Crippen LogP contribution < -0.4 is 5.32 Å². The van der Waals surface area contributed by atoms with Gasteiger partial charge in [0, 0.05) is 0 Å². The number of thiazole rings is 1. The summed E-state index contributed by atoms with van der Waals surface area (Å²) in [6, 6.07) is 10.1. The van der Waals surface area contributed by atoms with Crippen molar-refractivity contribution in [2.45, 2.75) is 0 Å². The lowest BCUT2D eigenvalue weighted by Gasteiger charge is -2.05. The van der Waals surface area contributed by atoms with Gasteiger partial charge in [-0.05, 0) is 46.3 Å². The topological polar surface area (TPSA) is 24.9 Å². The van der Waals surface area contributed by atoms with Crippen molar-refractivity contribution in [2.24, 2.45) is 0 Å². The Morgan fingerprint density at radius 1 is 1.26 bits per heavy atom. The highest BCUT2D eigenvalue weighted by molar-refractivity contribution is 9.10. The fourth-order valence-corrected chi connectivity index (χ4v) is 3.11. The number of aromatic nitrogens is 1. The van der Waals surface area contributed by atoms with Gasteiger partial charge in [-0.3, -0.25) is 0 Å². The van der Waals surface area contributed by atoms with Gasteiger partial charge in [0.05, 0.1) is 25.4 Å². The lowest BCUT2D eigenvalue weighted by molar-refractivity contribution is 0.630. The summed E-state index contributed by atoms with van der Waals surface area (Å²) < 4.78 is 14.7. The van der Waals surface area contributed by atoms with Crippen molar-refractivity contribution >= 4 is 59.9 Å². The smallest absolute Gasteiger partial charge is 0.188 e. The van der Waals surface area contributed by atoms with E-state index in [1.807, 2.05) is 12.1 Å². The molecule has 0 spiro atoms. The predicted molar refractivity (Wildman–Crippen MR) is 82.0 cm³/mol. The van der Waals surface area contributed by atoms with Crippen LogP contribution in [-0.4, -0.2) is 4.98 Å². The van der Waals surface area contributed by atoms with Crippen molar-refractivity contribution in [1.82, 2.24) is 4.98 Å². The second-order valence-corrected chi connectivity index (χ2v) is 6.09. The van der Waals surface area contributed by atoms with Gasteiger partial charge in [0.2, 0.25) is 0 Å². The summed E-state index contributed by atoms with van der Waals surface area (Å²) in [6.07, 6.45) is 0. The van der Waals surface area contributed by atoms with Gasteiger partial charge in [-0.2, -0.15) is 0 Å². The van der Waals surface area contributed by atoms with Gasteiger partial charge < -0.3 is 5.32 Å². The van der Waals surface area contributed by atoms with Crippen LogP contribution in [0.25, 0.3) is 10.2 Å². The van der Waals surface area contributed by atoms with E-state index < -0.39 is 0 Å². The van der Waals surface area contributed by atoms with Crippen molar-refractivity contribution in [3.63, 3.8) is 0 Å². The summed E-state index contributed by atoms with van der Waals surface area (Å²) in [4.78, 5) is 4.40. The summed E-state index contributed by atoms with van der Waals surface area (Å²) in [5, 5.41) is 4.50. The number of hydrogen-bond donors (Lipinski definition) is 1. The van der Waals surface area contributed by atoms with E-state index in [1.54, 1.807) is 12.1 Å². The predicted octanol–water partition coefficient (Wildman–Crippen LogP) is 5.59. The van der Waals surface area contributed by atoms with Crippen molar-refractivity contribution < 1.29 is 4.39 Å². The van der Waals surface area contributed by atoms with Gasteiger partial charge >= 0.3 is 0 Å². The van der Waals surface area contributed by atoms with Crippen LogP contribution in [0.5, 0.6) is 0 Å². The number of nitrogens with zero attached hydrogens (tertiary/aromatic N) is 1. The number of hydrogen-bond acceptors (Lipinski definition) is 3. The van der Waals surface area contributed by atoms with Crippen molar-refractivity contribution in [2.75, 3.05) is 5.32 Å². The fraction of sp³-hybridized carbons (Fsp3) is 0. The molecule has 96 valence electrons. The van der Waals surface area contributed by atoms with Gasteiger partial charge in [-0.1, -0.05) is 29.0 Å². The zero-order valence-electron chi connectivity index (χ0n) is 9.45. The molecule has 3 rings (SSSR count). The summed E-state index contributed by atoms with van der Waals surface area (Å²) in [5.74, 6) is -0.258. The van der Waals surface area contributed by atoms with Gasteiger partial charge in [0.1, 0.15) is 5.82 Å². The molecule has 0 aliphatic rings. The zero-order valence-corrected chi connectivity index (χ0v) is 12.6. The Morgan fingerprint density at radius 3 is 2.95 bits per heavy atom. The molecule has 0 atom stereocenters. The Hall–Kier alpha value is -1.17. The lowest BCUT2D eigenvalue weighted by atomic mass is 10.3. The first-order valence-corrected chi connectivity index (χ1v) is 7.39. The number of fused-ring (bicyclic) bond motifs is 1. The summed E-state index contributed by atoms with van der Waals surface area (Å²) in [7, 11) is 0. The normalized spacial score (nSPS) is 10.9. The Morgan fingerprint density at radius 2 is 2.11 bits per heavy atom. The number of halogens is 3. The molecule has 0 aliphatic heterocycles. The van der Waals surface area contributed by atoms with E-state index in [2.05, 4.69) is 26.2 Å². The van der Waals surface area contributed by atoms with Crippen LogP contribution in [0.2, 0.25) is 5.02 Å². The first-order chi connectivity index (χ1) is 9.13. The van der Waals surface area contributed by atoms with Crippen LogP contribution in [0.4, 0.5) is 15.2 Å². The summed E-state index contributed by atoms with van der Waals surface area (Å²) in [5.41, 5.74) is 1.60. The first-order valence-electron chi connectivity index (χ1n) is 5.40. The zero-order chi connectivity index (χ0) is 13.4. The molecule has 1 aromatic heterocycles. The minimum Gasteiger partial charge on any atom is -0.331 e. The highest BCUT2D eigenvalue weighted by Crippen LogP contribution is 2.34. The molecule has 0 fully saturated rings.